The molecule has 0 aliphatic carbocycles. The first-order valence-corrected chi connectivity index (χ1v) is 9.84. The van der Waals surface area contributed by atoms with Crippen LogP contribution < -0.4 is 21.5 Å². The molecule has 0 aromatic heterocycles. The molecule has 2 heterocycles. The zero-order valence-corrected chi connectivity index (χ0v) is 15.2. The fourth-order valence-corrected chi connectivity index (χ4v) is 4.04. The van der Waals surface area contributed by atoms with E-state index in [0.29, 0.717) is 12.1 Å². The van der Waals surface area contributed by atoms with Crippen LogP contribution in [0.2, 0.25) is 0 Å². The molecule has 0 bridgehead atoms. The first-order chi connectivity index (χ1) is 10.6. The Balaban J connectivity index is 1.74. The van der Waals surface area contributed by atoms with Crippen molar-refractivity contribution in [2.24, 2.45) is 5.16 Å². The van der Waals surface area contributed by atoms with Gasteiger partial charge in [0.1, 0.15) is 0 Å². The van der Waals surface area contributed by atoms with Crippen molar-refractivity contribution >= 4 is 23.0 Å². The van der Waals surface area contributed by atoms with Crippen molar-refractivity contribution < 1.29 is 39.6 Å². The van der Waals surface area contributed by atoms with Crippen LogP contribution >= 0.6 is 11.6 Å². The van der Waals surface area contributed by atoms with E-state index >= 15 is 0 Å². The van der Waals surface area contributed by atoms with E-state index in [1.54, 1.807) is 18.4 Å². The van der Waals surface area contributed by atoms with E-state index in [-0.39, 0.29) is 11.8 Å². The van der Waals surface area contributed by atoms with Crippen LogP contribution in [0.3, 0.4) is 0 Å². The second-order valence-electron chi connectivity index (χ2n) is 5.15. The first-order valence-electron chi connectivity index (χ1n) is 7.25. The van der Waals surface area contributed by atoms with Crippen molar-refractivity contribution in [2.75, 3.05) is 26.2 Å². The molecule has 6 nitrogen and oxygen atoms in total. The summed E-state index contributed by atoms with van der Waals surface area (Å²) >= 11 is 5.41. The zero-order chi connectivity index (χ0) is 15.8. The topological polar surface area (TPSA) is 68.3 Å². The third-order valence-corrected chi connectivity index (χ3v) is 5.45. The molecule has 0 spiro atoms. The number of piperidine rings is 1. The summed E-state index contributed by atoms with van der Waals surface area (Å²) < 4.78 is 2.99. The SMILES string of the molecule is O[C@H](CO/N=C(\Cl)C1=C[I-][N+](O)=CC=C1)CN1CCCCC1. The van der Waals surface area contributed by atoms with E-state index < -0.39 is 27.6 Å². The van der Waals surface area contributed by atoms with E-state index in [2.05, 4.69) is 10.1 Å². The first kappa shape index (κ1) is 17.7. The molecule has 2 N–H and O–H groups in total. The predicted molar refractivity (Wildman–Crippen MR) is 80.9 cm³/mol. The summed E-state index contributed by atoms with van der Waals surface area (Å²) in [6.07, 6.45) is 8.12. The number of rotatable bonds is 6. The quantitative estimate of drug-likeness (QED) is 0.170. The van der Waals surface area contributed by atoms with Crippen molar-refractivity contribution in [3.05, 3.63) is 21.8 Å². The summed E-state index contributed by atoms with van der Waals surface area (Å²) in [4.78, 5) is 7.40. The summed E-state index contributed by atoms with van der Waals surface area (Å²) in [7, 11) is 0. The Labute approximate surface area is 146 Å². The van der Waals surface area contributed by atoms with E-state index in [1.807, 2.05) is 4.08 Å². The average Bonchev–Trinajstić information content (AvgIpc) is 2.73. The Hall–Kier alpha value is -0.640. The molecule has 1 saturated heterocycles. The number of oxime groups is 1. The minimum absolute atomic E-state index is 0.122. The number of hydrogen-bond acceptors (Lipinski definition) is 5. The molecule has 2 rings (SSSR count). The predicted octanol–water partition coefficient (Wildman–Crippen LogP) is -1.67. The molecule has 22 heavy (non-hydrogen) atoms. The number of hydrogen-bond donors (Lipinski definition) is 2. The summed E-state index contributed by atoms with van der Waals surface area (Å²) in [6, 6.07) is 0. The van der Waals surface area contributed by atoms with Gasteiger partial charge in [-0.3, -0.25) is 0 Å². The van der Waals surface area contributed by atoms with Crippen molar-refractivity contribution in [1.82, 2.24) is 4.90 Å². The van der Waals surface area contributed by atoms with Gasteiger partial charge >= 0.3 is 146 Å². The number of aliphatic hydroxyl groups excluding tert-OH is 1. The van der Waals surface area contributed by atoms with Crippen LogP contribution in [0.25, 0.3) is 0 Å². The molecule has 2 aliphatic rings. The van der Waals surface area contributed by atoms with E-state index in [4.69, 9.17) is 16.4 Å². The summed E-state index contributed by atoms with van der Waals surface area (Å²) in [5.74, 6) is 0. The summed E-state index contributed by atoms with van der Waals surface area (Å²) in [6.45, 7) is 2.81. The molecule has 124 valence electrons. The molecule has 0 saturated carbocycles. The van der Waals surface area contributed by atoms with Crippen LogP contribution in [0.1, 0.15) is 19.3 Å². The van der Waals surface area contributed by atoms with Crippen molar-refractivity contribution in [3.63, 3.8) is 0 Å². The van der Waals surface area contributed by atoms with Gasteiger partial charge in [-0.25, -0.2) is 0 Å². The fraction of sp³-hybridized carbons (Fsp3) is 0.571. The molecule has 0 aromatic rings. The number of β-amino-alcohol motifs (C(OH)–C–C–N with tert-alkyl or cyclic N) is 1. The standard InChI is InChI=1S/C14H21ClIN3O3/c15-14(12-5-4-8-19(21)16-9-12)17-22-11-13(20)10-18-6-2-1-3-7-18/h4-5,8-9,13,20-21H,1-3,6-7,10-11H2/b17-14-/t13-/m0/s1. The molecule has 0 aromatic carbocycles. The van der Waals surface area contributed by atoms with Crippen molar-refractivity contribution in [1.29, 1.82) is 0 Å². The third-order valence-electron chi connectivity index (χ3n) is 3.32. The van der Waals surface area contributed by atoms with Crippen molar-refractivity contribution in [2.45, 2.75) is 25.4 Å². The Morgan fingerprint density at radius 3 is 3.00 bits per heavy atom. The van der Waals surface area contributed by atoms with Crippen LogP contribution in [0.15, 0.2) is 27.0 Å². The van der Waals surface area contributed by atoms with E-state index in [1.165, 1.54) is 19.3 Å². The molecular weight excluding hydrogens is 421 g/mol. The van der Waals surface area contributed by atoms with E-state index in [0.717, 1.165) is 16.0 Å². The fourth-order valence-electron chi connectivity index (χ4n) is 2.23. The molecule has 8 heteroatoms. The molecular formula is C14H21ClIN3O3. The van der Waals surface area contributed by atoms with Gasteiger partial charge in [-0.1, -0.05) is 0 Å². The van der Waals surface area contributed by atoms with Gasteiger partial charge in [-0.05, 0) is 0 Å². The Bertz CT molecular complexity index is 488. The second kappa shape index (κ2) is 9.49. The maximum atomic E-state index is 9.96. The number of nitrogens with zero attached hydrogens (tertiary/aromatic N) is 3. The monoisotopic (exact) mass is 441 g/mol. The molecule has 2 aliphatic heterocycles. The van der Waals surface area contributed by atoms with Crippen molar-refractivity contribution in [3.8, 4) is 0 Å². The van der Waals surface area contributed by atoms with Gasteiger partial charge in [-0.2, -0.15) is 0 Å². The van der Waals surface area contributed by atoms with Crippen LogP contribution in [0.4, 0.5) is 0 Å². The van der Waals surface area contributed by atoms with Gasteiger partial charge in [0.15, 0.2) is 0 Å². The number of likely N-dealkylation sites (tertiary alicyclic amines) is 1. The van der Waals surface area contributed by atoms with Crippen LogP contribution in [0, 0.1) is 0 Å². The summed E-state index contributed by atoms with van der Waals surface area (Å²) in [5.41, 5.74) is 0.716. The van der Waals surface area contributed by atoms with Crippen LogP contribution in [0.5, 0.6) is 0 Å². The second-order valence-corrected chi connectivity index (χ2v) is 7.68. The maximum absolute atomic E-state index is 9.96. The van der Waals surface area contributed by atoms with Gasteiger partial charge < -0.3 is 0 Å². The van der Waals surface area contributed by atoms with Crippen LogP contribution in [-0.4, -0.2) is 61.9 Å². The zero-order valence-electron chi connectivity index (χ0n) is 12.2. The summed E-state index contributed by atoms with van der Waals surface area (Å²) in [5, 5.41) is 23.4. The van der Waals surface area contributed by atoms with Gasteiger partial charge in [0.05, 0.1) is 0 Å². The van der Waals surface area contributed by atoms with Gasteiger partial charge in [-0.15, -0.1) is 0 Å². The number of halogens is 2. The molecule has 0 unspecified atom stereocenters. The molecule has 1 atom stereocenters. The number of allylic oxidation sites excluding steroid dienone is 3. The minimum atomic E-state index is -0.659. The third kappa shape index (κ3) is 6.23. The molecule has 0 amide bonds. The molecule has 0 radical (unpaired) electrons. The van der Waals surface area contributed by atoms with Gasteiger partial charge in [0.2, 0.25) is 0 Å². The normalized spacial score (nSPS) is 22.2. The van der Waals surface area contributed by atoms with Crippen LogP contribution in [-0.2, 0) is 4.84 Å². The Morgan fingerprint density at radius 1 is 1.45 bits per heavy atom. The molecule has 1 fully saturated rings. The average molecular weight is 442 g/mol. The Kier molecular flexibility index (Phi) is 7.64. The number of aliphatic hydroxyl groups is 1. The van der Waals surface area contributed by atoms with Gasteiger partial charge in [0.25, 0.3) is 0 Å². The van der Waals surface area contributed by atoms with Gasteiger partial charge in [0, 0.05) is 0 Å². The Morgan fingerprint density at radius 2 is 2.23 bits per heavy atom. The van der Waals surface area contributed by atoms with E-state index in [9.17, 15) is 10.3 Å².